The van der Waals surface area contributed by atoms with Gasteiger partial charge in [0, 0.05) is 18.1 Å². The van der Waals surface area contributed by atoms with Crippen LogP contribution in [0.2, 0.25) is 5.02 Å². The lowest BCUT2D eigenvalue weighted by atomic mass is 10.2. The summed E-state index contributed by atoms with van der Waals surface area (Å²) < 4.78 is 4.92. The lowest BCUT2D eigenvalue weighted by molar-refractivity contribution is 0.0526. The van der Waals surface area contributed by atoms with E-state index in [4.69, 9.17) is 16.3 Å². The molecule has 0 fully saturated rings. The molecule has 2 aromatic carbocycles. The predicted molar refractivity (Wildman–Crippen MR) is 107 cm³/mol. The molecule has 2 N–H and O–H groups in total. The molecule has 0 radical (unpaired) electrons. The van der Waals surface area contributed by atoms with Gasteiger partial charge in [-0.25, -0.2) is 14.8 Å². The Kier molecular flexibility index (Phi) is 6.18. The number of halogens is 1. The van der Waals surface area contributed by atoms with Crippen molar-refractivity contribution in [2.24, 2.45) is 0 Å². The van der Waals surface area contributed by atoms with Gasteiger partial charge in [-0.1, -0.05) is 23.7 Å². The van der Waals surface area contributed by atoms with E-state index in [9.17, 15) is 9.59 Å². The molecule has 8 heteroatoms. The van der Waals surface area contributed by atoms with Crippen LogP contribution in [0.15, 0.2) is 60.9 Å². The van der Waals surface area contributed by atoms with E-state index in [1.165, 1.54) is 12.4 Å². The minimum Gasteiger partial charge on any atom is -0.462 e. The van der Waals surface area contributed by atoms with Crippen molar-refractivity contribution in [3.63, 3.8) is 0 Å². The van der Waals surface area contributed by atoms with E-state index in [0.717, 1.165) is 0 Å². The van der Waals surface area contributed by atoms with Gasteiger partial charge < -0.3 is 15.4 Å². The number of nitrogens with zero attached hydrogens (tertiary/aromatic N) is 2. The molecular weight excluding hydrogens is 380 g/mol. The van der Waals surface area contributed by atoms with E-state index in [-0.39, 0.29) is 5.91 Å². The van der Waals surface area contributed by atoms with Gasteiger partial charge >= 0.3 is 5.97 Å². The molecule has 1 aromatic heterocycles. The second-order valence-electron chi connectivity index (χ2n) is 5.65. The average molecular weight is 397 g/mol. The fourth-order valence-corrected chi connectivity index (χ4v) is 2.48. The fraction of sp³-hybridized carbons (Fsp3) is 0.100. The molecule has 0 spiro atoms. The van der Waals surface area contributed by atoms with Gasteiger partial charge in [-0.15, -0.1) is 0 Å². The zero-order valence-electron chi connectivity index (χ0n) is 15.0. The van der Waals surface area contributed by atoms with Crippen molar-refractivity contribution in [2.45, 2.75) is 6.92 Å². The SMILES string of the molecule is CCOC(=O)c1ccc(NC(=O)c2cnc(Nc3ccccc3Cl)nc2)cc1. The van der Waals surface area contributed by atoms with Crippen molar-refractivity contribution in [2.75, 3.05) is 17.2 Å². The number of benzene rings is 2. The van der Waals surface area contributed by atoms with Crippen LogP contribution in [-0.2, 0) is 4.74 Å². The second-order valence-corrected chi connectivity index (χ2v) is 6.06. The maximum Gasteiger partial charge on any atom is 0.338 e. The minimum absolute atomic E-state index is 0.291. The molecule has 0 saturated heterocycles. The topological polar surface area (TPSA) is 93.2 Å². The second kappa shape index (κ2) is 8.96. The smallest absolute Gasteiger partial charge is 0.338 e. The third-order valence-electron chi connectivity index (χ3n) is 3.69. The van der Waals surface area contributed by atoms with Crippen LogP contribution < -0.4 is 10.6 Å². The highest BCUT2D eigenvalue weighted by molar-refractivity contribution is 6.33. The number of aromatic nitrogens is 2. The Balaban J connectivity index is 1.63. The number of carbonyl (C=O) groups excluding carboxylic acids is 2. The summed E-state index contributed by atoms with van der Waals surface area (Å²) in [7, 11) is 0. The van der Waals surface area contributed by atoms with Crippen LogP contribution in [-0.4, -0.2) is 28.5 Å². The number of hydrogen-bond donors (Lipinski definition) is 2. The number of anilines is 3. The summed E-state index contributed by atoms with van der Waals surface area (Å²) in [5.74, 6) is -0.452. The van der Waals surface area contributed by atoms with Crippen molar-refractivity contribution >= 4 is 40.8 Å². The summed E-state index contributed by atoms with van der Waals surface area (Å²) in [6.45, 7) is 2.04. The van der Waals surface area contributed by atoms with Gasteiger partial charge in [0.25, 0.3) is 5.91 Å². The number of amides is 1. The first-order chi connectivity index (χ1) is 13.6. The van der Waals surface area contributed by atoms with E-state index >= 15 is 0 Å². The van der Waals surface area contributed by atoms with Gasteiger partial charge in [-0.3, -0.25) is 4.79 Å². The Hall–Kier alpha value is -3.45. The van der Waals surface area contributed by atoms with Crippen LogP contribution in [0.5, 0.6) is 0 Å². The van der Waals surface area contributed by atoms with Gasteiger partial charge in [-0.2, -0.15) is 0 Å². The van der Waals surface area contributed by atoms with E-state index < -0.39 is 5.97 Å². The summed E-state index contributed by atoms with van der Waals surface area (Å²) in [5.41, 5.74) is 1.91. The first kappa shape index (κ1) is 19.3. The van der Waals surface area contributed by atoms with Crippen molar-refractivity contribution in [1.82, 2.24) is 9.97 Å². The Morgan fingerprint density at radius 3 is 2.32 bits per heavy atom. The number of rotatable bonds is 6. The monoisotopic (exact) mass is 396 g/mol. The number of para-hydroxylation sites is 1. The Morgan fingerprint density at radius 2 is 1.68 bits per heavy atom. The van der Waals surface area contributed by atoms with Gasteiger partial charge in [0.05, 0.1) is 28.4 Å². The number of ether oxygens (including phenoxy) is 1. The molecule has 0 atom stereocenters. The Bertz CT molecular complexity index is 976. The summed E-state index contributed by atoms with van der Waals surface area (Å²) in [5, 5.41) is 6.25. The Morgan fingerprint density at radius 1 is 1.00 bits per heavy atom. The maximum absolute atomic E-state index is 12.3. The van der Waals surface area contributed by atoms with Crippen LogP contribution in [0, 0.1) is 0 Å². The van der Waals surface area contributed by atoms with E-state index in [2.05, 4.69) is 20.6 Å². The molecule has 0 bridgehead atoms. The van der Waals surface area contributed by atoms with Crippen LogP contribution in [0.3, 0.4) is 0 Å². The first-order valence-electron chi connectivity index (χ1n) is 8.49. The van der Waals surface area contributed by atoms with Crippen LogP contribution >= 0.6 is 11.6 Å². The van der Waals surface area contributed by atoms with Crippen LogP contribution in [0.4, 0.5) is 17.3 Å². The zero-order chi connectivity index (χ0) is 19.9. The molecule has 28 heavy (non-hydrogen) atoms. The lowest BCUT2D eigenvalue weighted by Crippen LogP contribution is -2.13. The molecule has 0 aliphatic heterocycles. The normalized spacial score (nSPS) is 10.2. The molecule has 1 heterocycles. The van der Waals surface area contributed by atoms with Crippen molar-refractivity contribution in [3.05, 3.63) is 77.1 Å². The van der Waals surface area contributed by atoms with E-state index in [1.807, 2.05) is 12.1 Å². The summed E-state index contributed by atoms with van der Waals surface area (Å²) in [6, 6.07) is 13.6. The molecule has 3 aromatic rings. The Labute approximate surface area is 166 Å². The molecule has 3 rings (SSSR count). The lowest BCUT2D eigenvalue weighted by Gasteiger charge is -2.08. The van der Waals surface area contributed by atoms with E-state index in [0.29, 0.717) is 40.1 Å². The molecule has 142 valence electrons. The molecule has 0 saturated carbocycles. The third-order valence-corrected chi connectivity index (χ3v) is 4.02. The van der Waals surface area contributed by atoms with Gasteiger partial charge in [0.2, 0.25) is 5.95 Å². The number of nitrogens with one attached hydrogen (secondary N) is 2. The molecular formula is C20H17ClN4O3. The van der Waals surface area contributed by atoms with Crippen LogP contribution in [0.1, 0.15) is 27.6 Å². The number of carbonyl (C=O) groups is 2. The standard InChI is InChI=1S/C20H17ClN4O3/c1-2-28-19(27)13-7-9-15(10-8-13)24-18(26)14-11-22-20(23-12-14)25-17-6-4-3-5-16(17)21/h3-12H,2H2,1H3,(H,24,26)(H,22,23,25). The summed E-state index contributed by atoms with van der Waals surface area (Å²) >= 11 is 6.08. The molecule has 0 aliphatic rings. The minimum atomic E-state index is -0.407. The molecule has 7 nitrogen and oxygen atoms in total. The summed E-state index contributed by atoms with van der Waals surface area (Å²) in [6.07, 6.45) is 2.82. The zero-order valence-corrected chi connectivity index (χ0v) is 15.7. The van der Waals surface area contributed by atoms with Crippen molar-refractivity contribution in [3.8, 4) is 0 Å². The van der Waals surface area contributed by atoms with Crippen LogP contribution in [0.25, 0.3) is 0 Å². The average Bonchev–Trinajstić information content (AvgIpc) is 2.71. The fourth-order valence-electron chi connectivity index (χ4n) is 2.30. The molecule has 0 unspecified atom stereocenters. The van der Waals surface area contributed by atoms with Gasteiger partial charge in [0.1, 0.15) is 0 Å². The first-order valence-corrected chi connectivity index (χ1v) is 8.86. The summed E-state index contributed by atoms with van der Waals surface area (Å²) in [4.78, 5) is 32.2. The quantitative estimate of drug-likeness (QED) is 0.603. The highest BCUT2D eigenvalue weighted by Crippen LogP contribution is 2.23. The number of esters is 1. The highest BCUT2D eigenvalue weighted by Gasteiger charge is 2.10. The third kappa shape index (κ3) is 4.83. The van der Waals surface area contributed by atoms with Crippen molar-refractivity contribution in [1.29, 1.82) is 0 Å². The number of hydrogen-bond acceptors (Lipinski definition) is 6. The predicted octanol–water partition coefficient (Wildman–Crippen LogP) is 4.30. The maximum atomic E-state index is 12.3. The molecule has 0 aliphatic carbocycles. The van der Waals surface area contributed by atoms with E-state index in [1.54, 1.807) is 43.3 Å². The van der Waals surface area contributed by atoms with Crippen molar-refractivity contribution < 1.29 is 14.3 Å². The molecule has 1 amide bonds. The van der Waals surface area contributed by atoms with Gasteiger partial charge in [0.15, 0.2) is 0 Å². The van der Waals surface area contributed by atoms with Gasteiger partial charge in [-0.05, 0) is 43.3 Å². The highest BCUT2D eigenvalue weighted by atomic mass is 35.5. The largest absolute Gasteiger partial charge is 0.462 e.